The zero-order valence-electron chi connectivity index (χ0n) is 18.2. The van der Waals surface area contributed by atoms with Crippen LogP contribution in [0.1, 0.15) is 36.1 Å². The van der Waals surface area contributed by atoms with Gasteiger partial charge in [-0.15, -0.1) is 0 Å². The zero-order valence-corrected chi connectivity index (χ0v) is 19.0. The van der Waals surface area contributed by atoms with Gasteiger partial charge < -0.3 is 4.90 Å². The normalized spacial score (nSPS) is 16.8. The van der Waals surface area contributed by atoms with Crippen molar-refractivity contribution in [2.45, 2.75) is 37.1 Å². The highest BCUT2D eigenvalue weighted by atomic mass is 32.2. The van der Waals surface area contributed by atoms with Crippen LogP contribution in [-0.2, 0) is 23.0 Å². The standard InChI is InChI=1S/C24H24N6O2S/c25-15-18-6-4-8-20(14-18)33(31,32)30-13-9-22-21(17-30)24(29-11-2-1-3-12-29)28-23(27-22)19-7-5-10-26-16-19/h4-8,10,14,16H,1-3,9,11-13,17H2. The van der Waals surface area contributed by atoms with E-state index in [4.69, 9.17) is 9.97 Å². The van der Waals surface area contributed by atoms with E-state index in [0.717, 1.165) is 48.6 Å². The lowest BCUT2D eigenvalue weighted by atomic mass is 10.0. The molecule has 2 aliphatic rings. The number of rotatable bonds is 4. The molecule has 2 aliphatic heterocycles. The molecule has 33 heavy (non-hydrogen) atoms. The van der Waals surface area contributed by atoms with Crippen molar-refractivity contribution in [3.63, 3.8) is 0 Å². The quantitative estimate of drug-likeness (QED) is 0.589. The van der Waals surface area contributed by atoms with Gasteiger partial charge in [0.05, 0.1) is 22.2 Å². The monoisotopic (exact) mass is 460 g/mol. The van der Waals surface area contributed by atoms with E-state index in [1.807, 2.05) is 18.2 Å². The van der Waals surface area contributed by atoms with Crippen LogP contribution >= 0.6 is 0 Å². The molecule has 0 unspecified atom stereocenters. The van der Waals surface area contributed by atoms with Gasteiger partial charge in [0.2, 0.25) is 10.0 Å². The topological polar surface area (TPSA) is 103 Å². The minimum atomic E-state index is -3.75. The number of fused-ring (bicyclic) bond motifs is 1. The number of nitrogens with zero attached hydrogens (tertiary/aromatic N) is 6. The van der Waals surface area contributed by atoms with Crippen LogP contribution in [0.3, 0.4) is 0 Å². The Labute approximate surface area is 193 Å². The summed E-state index contributed by atoms with van der Waals surface area (Å²) >= 11 is 0. The first kappa shape index (κ1) is 21.5. The van der Waals surface area contributed by atoms with E-state index >= 15 is 0 Å². The molecule has 0 saturated carbocycles. The van der Waals surface area contributed by atoms with Gasteiger partial charge in [-0.05, 0) is 49.6 Å². The maximum absolute atomic E-state index is 13.4. The lowest BCUT2D eigenvalue weighted by molar-refractivity contribution is 0.386. The summed E-state index contributed by atoms with van der Waals surface area (Å²) in [5.41, 5.74) is 2.94. The summed E-state index contributed by atoms with van der Waals surface area (Å²) in [6.45, 7) is 2.34. The number of nitriles is 1. The Morgan fingerprint density at radius 2 is 1.85 bits per heavy atom. The molecule has 0 radical (unpaired) electrons. The van der Waals surface area contributed by atoms with E-state index in [0.29, 0.717) is 24.4 Å². The second kappa shape index (κ2) is 8.89. The first-order valence-electron chi connectivity index (χ1n) is 11.1. The maximum atomic E-state index is 13.4. The fraction of sp³-hybridized carbons (Fsp3) is 0.333. The molecule has 0 atom stereocenters. The first-order chi connectivity index (χ1) is 16.1. The second-order valence-corrected chi connectivity index (χ2v) is 10.3. The van der Waals surface area contributed by atoms with Crippen LogP contribution < -0.4 is 4.90 Å². The van der Waals surface area contributed by atoms with Crippen molar-refractivity contribution in [2.75, 3.05) is 24.5 Å². The molecule has 9 heteroatoms. The number of benzene rings is 1. The van der Waals surface area contributed by atoms with E-state index in [-0.39, 0.29) is 11.4 Å². The fourth-order valence-electron chi connectivity index (χ4n) is 4.44. The highest BCUT2D eigenvalue weighted by Crippen LogP contribution is 2.33. The molecular weight excluding hydrogens is 436 g/mol. The molecule has 2 aromatic heterocycles. The van der Waals surface area contributed by atoms with E-state index < -0.39 is 10.0 Å². The summed E-state index contributed by atoms with van der Waals surface area (Å²) < 4.78 is 28.3. The Bertz CT molecular complexity index is 1310. The maximum Gasteiger partial charge on any atom is 0.243 e. The molecule has 168 valence electrons. The molecule has 0 N–H and O–H groups in total. The number of piperidine rings is 1. The van der Waals surface area contributed by atoms with Crippen molar-refractivity contribution in [1.82, 2.24) is 19.3 Å². The Kier molecular flexibility index (Phi) is 5.79. The van der Waals surface area contributed by atoms with Gasteiger partial charge in [-0.2, -0.15) is 9.57 Å². The molecule has 8 nitrogen and oxygen atoms in total. The summed E-state index contributed by atoms with van der Waals surface area (Å²) in [5.74, 6) is 1.45. The smallest absolute Gasteiger partial charge is 0.243 e. The van der Waals surface area contributed by atoms with Crippen LogP contribution in [0.2, 0.25) is 0 Å². The number of aromatic nitrogens is 3. The molecule has 1 saturated heterocycles. The summed E-state index contributed by atoms with van der Waals surface area (Å²) in [5, 5.41) is 9.18. The van der Waals surface area contributed by atoms with Gasteiger partial charge in [0.15, 0.2) is 5.82 Å². The van der Waals surface area contributed by atoms with Gasteiger partial charge in [0.1, 0.15) is 5.82 Å². The Morgan fingerprint density at radius 1 is 1.00 bits per heavy atom. The number of hydrogen-bond donors (Lipinski definition) is 0. The average molecular weight is 461 g/mol. The van der Waals surface area contributed by atoms with E-state index in [1.165, 1.54) is 16.8 Å². The Hall–Kier alpha value is -3.35. The van der Waals surface area contributed by atoms with Gasteiger partial charge in [-0.3, -0.25) is 4.98 Å². The first-order valence-corrected chi connectivity index (χ1v) is 12.6. The number of sulfonamides is 1. The molecule has 1 aromatic carbocycles. The minimum absolute atomic E-state index is 0.137. The lowest BCUT2D eigenvalue weighted by Gasteiger charge is -2.34. The third-order valence-electron chi connectivity index (χ3n) is 6.18. The lowest BCUT2D eigenvalue weighted by Crippen LogP contribution is -2.39. The SMILES string of the molecule is N#Cc1cccc(S(=O)(=O)N2CCc3nc(-c4cccnc4)nc(N4CCCCC4)c3C2)c1. The summed E-state index contributed by atoms with van der Waals surface area (Å²) in [7, 11) is -3.75. The number of anilines is 1. The van der Waals surface area contributed by atoms with Crippen LogP contribution in [0.4, 0.5) is 5.82 Å². The predicted octanol–water partition coefficient (Wildman–Crippen LogP) is 3.15. The molecule has 0 bridgehead atoms. The second-order valence-electron chi connectivity index (χ2n) is 8.31. The van der Waals surface area contributed by atoms with Crippen molar-refractivity contribution in [3.05, 3.63) is 65.6 Å². The third-order valence-corrected chi connectivity index (χ3v) is 8.02. The van der Waals surface area contributed by atoms with Gasteiger partial charge in [-0.25, -0.2) is 18.4 Å². The molecular formula is C24H24N6O2S. The number of pyridine rings is 1. The Morgan fingerprint density at radius 3 is 2.61 bits per heavy atom. The minimum Gasteiger partial charge on any atom is -0.356 e. The zero-order chi connectivity index (χ0) is 22.8. The largest absolute Gasteiger partial charge is 0.356 e. The highest BCUT2D eigenvalue weighted by molar-refractivity contribution is 7.89. The van der Waals surface area contributed by atoms with Crippen LogP contribution in [-0.4, -0.2) is 47.3 Å². The van der Waals surface area contributed by atoms with E-state index in [1.54, 1.807) is 30.6 Å². The van der Waals surface area contributed by atoms with Crippen LogP contribution in [0.25, 0.3) is 11.4 Å². The van der Waals surface area contributed by atoms with Crippen LogP contribution in [0.15, 0.2) is 53.7 Å². The molecule has 5 rings (SSSR count). The predicted molar refractivity (Wildman–Crippen MR) is 124 cm³/mol. The molecule has 3 aromatic rings. The highest BCUT2D eigenvalue weighted by Gasteiger charge is 2.33. The summed E-state index contributed by atoms with van der Waals surface area (Å²) in [6.07, 6.45) is 7.34. The van der Waals surface area contributed by atoms with Gasteiger partial charge >= 0.3 is 0 Å². The van der Waals surface area contributed by atoms with Gasteiger partial charge in [-0.1, -0.05) is 6.07 Å². The summed E-state index contributed by atoms with van der Waals surface area (Å²) in [6, 6.07) is 12.0. The summed E-state index contributed by atoms with van der Waals surface area (Å²) in [4.78, 5) is 16.3. The van der Waals surface area contributed by atoms with Gasteiger partial charge in [0, 0.05) is 56.1 Å². The van der Waals surface area contributed by atoms with Crippen molar-refractivity contribution in [3.8, 4) is 17.5 Å². The number of hydrogen-bond acceptors (Lipinski definition) is 7. The third kappa shape index (κ3) is 4.19. The van der Waals surface area contributed by atoms with Gasteiger partial charge in [0.25, 0.3) is 0 Å². The van der Waals surface area contributed by atoms with Crippen molar-refractivity contribution in [2.24, 2.45) is 0 Å². The molecule has 0 aliphatic carbocycles. The molecule has 1 fully saturated rings. The molecule has 0 spiro atoms. The van der Waals surface area contributed by atoms with E-state index in [2.05, 4.69) is 9.88 Å². The van der Waals surface area contributed by atoms with Crippen LogP contribution in [0, 0.1) is 11.3 Å². The fourth-order valence-corrected chi connectivity index (χ4v) is 5.90. The van der Waals surface area contributed by atoms with Crippen molar-refractivity contribution >= 4 is 15.8 Å². The van der Waals surface area contributed by atoms with Crippen LogP contribution in [0.5, 0.6) is 0 Å². The molecule has 4 heterocycles. The average Bonchev–Trinajstić information content (AvgIpc) is 2.88. The van der Waals surface area contributed by atoms with E-state index in [9.17, 15) is 13.7 Å². The Balaban J connectivity index is 1.55. The van der Waals surface area contributed by atoms with Crippen molar-refractivity contribution in [1.29, 1.82) is 5.26 Å². The molecule has 0 amide bonds. The van der Waals surface area contributed by atoms with Crippen molar-refractivity contribution < 1.29 is 8.42 Å².